The van der Waals surface area contributed by atoms with Crippen LogP contribution in [0.3, 0.4) is 0 Å². The van der Waals surface area contributed by atoms with Gasteiger partial charge in [-0.15, -0.1) is 0 Å². The Morgan fingerprint density at radius 1 is 1.20 bits per heavy atom. The van der Waals surface area contributed by atoms with Gasteiger partial charge in [-0.1, -0.05) is 35.3 Å². The summed E-state index contributed by atoms with van der Waals surface area (Å²) in [5, 5.41) is 0.225. The number of rotatable bonds is 1. The molecule has 1 aromatic rings. The van der Waals surface area contributed by atoms with Crippen molar-refractivity contribution in [1.82, 2.24) is 0 Å². The first-order chi connectivity index (χ1) is 7.09. The zero-order valence-corrected chi connectivity index (χ0v) is 11.0. The molecule has 0 N–H and O–H groups in total. The van der Waals surface area contributed by atoms with Gasteiger partial charge in [0.2, 0.25) is 0 Å². The average Bonchev–Trinajstić information content (AvgIpc) is 2.47. The van der Waals surface area contributed by atoms with Gasteiger partial charge in [-0.05, 0) is 40.3 Å². The van der Waals surface area contributed by atoms with Crippen LogP contribution >= 0.6 is 45.8 Å². The van der Waals surface area contributed by atoms with E-state index in [0.717, 1.165) is 9.13 Å². The molecule has 1 heterocycles. The first-order valence-corrected chi connectivity index (χ1v) is 5.94. The first-order valence-electron chi connectivity index (χ1n) is 4.11. The molecule has 0 spiro atoms. The van der Waals surface area contributed by atoms with Crippen molar-refractivity contribution in [2.75, 3.05) is 0 Å². The second kappa shape index (κ2) is 4.31. The molecule has 78 valence electrons. The lowest BCUT2D eigenvalue weighted by Gasteiger charge is -2.10. The minimum absolute atomic E-state index is 0.0276. The average molecular weight is 355 g/mol. The second-order valence-electron chi connectivity index (χ2n) is 3.00. The number of esters is 1. The number of carbonyl (C=O) groups is 1. The van der Waals surface area contributed by atoms with Gasteiger partial charge in [-0.3, -0.25) is 0 Å². The van der Waals surface area contributed by atoms with Gasteiger partial charge in [-0.25, -0.2) is 4.79 Å². The van der Waals surface area contributed by atoms with Crippen molar-refractivity contribution >= 4 is 51.8 Å². The zero-order chi connectivity index (χ0) is 11.0. The molecule has 0 saturated heterocycles. The van der Waals surface area contributed by atoms with Gasteiger partial charge in [0.1, 0.15) is 5.03 Å². The number of halogens is 3. The molecule has 0 aromatic heterocycles. The van der Waals surface area contributed by atoms with Crippen molar-refractivity contribution in [2.45, 2.75) is 6.10 Å². The van der Waals surface area contributed by atoms with Crippen LogP contribution in [0.4, 0.5) is 0 Å². The standard InChI is InChI=1S/C10H5Cl2IO2/c11-7-8(12)10(14)15-9(7)5-1-3-6(13)4-2-5/h1-4,9H. The number of ether oxygens (including phenoxy) is 1. The summed E-state index contributed by atoms with van der Waals surface area (Å²) in [7, 11) is 0. The maximum Gasteiger partial charge on any atom is 0.352 e. The Bertz CT molecular complexity index is 439. The molecule has 15 heavy (non-hydrogen) atoms. The van der Waals surface area contributed by atoms with Gasteiger partial charge < -0.3 is 4.74 Å². The fraction of sp³-hybridized carbons (Fsp3) is 0.100. The summed E-state index contributed by atoms with van der Waals surface area (Å²) in [5.74, 6) is -0.565. The highest BCUT2D eigenvalue weighted by molar-refractivity contribution is 14.1. The summed E-state index contributed by atoms with van der Waals surface area (Å²) in [6.07, 6.45) is -0.552. The SMILES string of the molecule is O=C1OC(c2ccc(I)cc2)C(Cl)=C1Cl. The maximum atomic E-state index is 11.1. The van der Waals surface area contributed by atoms with E-state index in [1.165, 1.54) is 0 Å². The van der Waals surface area contributed by atoms with Crippen LogP contribution in [0.5, 0.6) is 0 Å². The predicted molar refractivity (Wildman–Crippen MR) is 66.7 cm³/mol. The van der Waals surface area contributed by atoms with E-state index in [4.69, 9.17) is 27.9 Å². The third-order valence-corrected chi connectivity index (χ3v) is 3.58. The molecule has 0 aliphatic carbocycles. The molecular formula is C10H5Cl2IO2. The largest absolute Gasteiger partial charge is 0.447 e. The van der Waals surface area contributed by atoms with E-state index in [1.54, 1.807) is 0 Å². The summed E-state index contributed by atoms with van der Waals surface area (Å²) in [5.41, 5.74) is 0.824. The molecule has 2 nitrogen and oxygen atoms in total. The number of hydrogen-bond donors (Lipinski definition) is 0. The maximum absolute atomic E-state index is 11.1. The van der Waals surface area contributed by atoms with E-state index in [1.807, 2.05) is 24.3 Å². The van der Waals surface area contributed by atoms with Crippen molar-refractivity contribution in [3.63, 3.8) is 0 Å². The molecular weight excluding hydrogens is 350 g/mol. The van der Waals surface area contributed by atoms with Crippen molar-refractivity contribution in [2.24, 2.45) is 0 Å². The van der Waals surface area contributed by atoms with Crippen molar-refractivity contribution in [1.29, 1.82) is 0 Å². The van der Waals surface area contributed by atoms with Crippen molar-refractivity contribution < 1.29 is 9.53 Å². The summed E-state index contributed by atoms with van der Waals surface area (Å²) in [6.45, 7) is 0. The quantitative estimate of drug-likeness (QED) is 0.569. The third-order valence-electron chi connectivity index (χ3n) is 2.02. The Morgan fingerprint density at radius 2 is 1.80 bits per heavy atom. The molecule has 0 bridgehead atoms. The van der Waals surface area contributed by atoms with E-state index in [0.29, 0.717) is 0 Å². The Kier molecular flexibility index (Phi) is 3.23. The van der Waals surface area contributed by atoms with Gasteiger partial charge in [0, 0.05) is 3.57 Å². The number of carbonyl (C=O) groups excluding carboxylic acids is 1. The van der Waals surface area contributed by atoms with Crippen LogP contribution in [0.1, 0.15) is 11.7 Å². The highest BCUT2D eigenvalue weighted by atomic mass is 127. The molecule has 1 atom stereocenters. The number of hydrogen-bond acceptors (Lipinski definition) is 2. The molecule has 1 aromatic carbocycles. The minimum Gasteiger partial charge on any atom is -0.447 e. The van der Waals surface area contributed by atoms with Crippen LogP contribution in [-0.4, -0.2) is 5.97 Å². The predicted octanol–water partition coefficient (Wildman–Crippen LogP) is 3.58. The summed E-state index contributed by atoms with van der Waals surface area (Å²) >= 11 is 13.8. The molecule has 0 radical (unpaired) electrons. The van der Waals surface area contributed by atoms with Crippen molar-refractivity contribution in [3.05, 3.63) is 43.5 Å². The molecule has 0 fully saturated rings. The van der Waals surface area contributed by atoms with Gasteiger partial charge in [-0.2, -0.15) is 0 Å². The molecule has 0 saturated carbocycles. The van der Waals surface area contributed by atoms with Crippen LogP contribution in [0, 0.1) is 3.57 Å². The highest BCUT2D eigenvalue weighted by Crippen LogP contribution is 2.39. The van der Waals surface area contributed by atoms with Crippen LogP contribution in [0.2, 0.25) is 0 Å². The van der Waals surface area contributed by atoms with E-state index in [-0.39, 0.29) is 10.1 Å². The Balaban J connectivity index is 2.35. The number of benzene rings is 1. The van der Waals surface area contributed by atoms with Crippen LogP contribution < -0.4 is 0 Å². The smallest absolute Gasteiger partial charge is 0.352 e. The van der Waals surface area contributed by atoms with E-state index in [2.05, 4.69) is 22.6 Å². The van der Waals surface area contributed by atoms with Crippen molar-refractivity contribution in [3.8, 4) is 0 Å². The first kappa shape index (κ1) is 11.2. The monoisotopic (exact) mass is 354 g/mol. The van der Waals surface area contributed by atoms with Crippen LogP contribution in [-0.2, 0) is 9.53 Å². The van der Waals surface area contributed by atoms with Gasteiger partial charge in [0.15, 0.2) is 6.10 Å². The lowest BCUT2D eigenvalue weighted by Crippen LogP contribution is -2.01. The fourth-order valence-corrected chi connectivity index (χ4v) is 2.03. The lowest BCUT2D eigenvalue weighted by atomic mass is 10.1. The third kappa shape index (κ3) is 2.14. The Morgan fingerprint density at radius 3 is 2.27 bits per heavy atom. The highest BCUT2D eigenvalue weighted by Gasteiger charge is 2.33. The Hall–Kier alpha value is -0.260. The van der Waals surface area contributed by atoms with Gasteiger partial charge in [0.25, 0.3) is 0 Å². The van der Waals surface area contributed by atoms with Crippen LogP contribution in [0.15, 0.2) is 34.3 Å². The minimum atomic E-state index is -0.565. The summed E-state index contributed by atoms with van der Waals surface area (Å²) in [4.78, 5) is 11.1. The molecule has 2 rings (SSSR count). The summed E-state index contributed by atoms with van der Waals surface area (Å²) in [6, 6.07) is 7.55. The zero-order valence-electron chi connectivity index (χ0n) is 7.34. The molecule has 5 heteroatoms. The fourth-order valence-electron chi connectivity index (χ4n) is 1.28. The van der Waals surface area contributed by atoms with E-state index >= 15 is 0 Å². The van der Waals surface area contributed by atoms with Gasteiger partial charge in [0.05, 0.1) is 5.03 Å². The molecule has 1 aliphatic rings. The van der Waals surface area contributed by atoms with Gasteiger partial charge >= 0.3 is 5.97 Å². The molecule has 1 unspecified atom stereocenters. The molecule has 0 amide bonds. The summed E-state index contributed by atoms with van der Waals surface area (Å²) < 4.78 is 6.14. The van der Waals surface area contributed by atoms with E-state index in [9.17, 15) is 4.79 Å². The normalized spacial score (nSPS) is 20.7. The molecule has 1 aliphatic heterocycles. The second-order valence-corrected chi connectivity index (χ2v) is 5.03. The number of cyclic esters (lactones) is 1. The lowest BCUT2D eigenvalue weighted by molar-refractivity contribution is -0.139. The van der Waals surface area contributed by atoms with Crippen LogP contribution in [0.25, 0.3) is 0 Å². The van der Waals surface area contributed by atoms with E-state index < -0.39 is 12.1 Å². The Labute approximate surface area is 110 Å². The topological polar surface area (TPSA) is 26.3 Å².